The molecule has 3 aromatic carbocycles. The van der Waals surface area contributed by atoms with Gasteiger partial charge in [0, 0.05) is 16.9 Å². The minimum atomic E-state index is -0.234. The zero-order chi connectivity index (χ0) is 22.9. The highest BCUT2D eigenvalue weighted by Crippen LogP contribution is 2.23. The molecule has 166 valence electrons. The first-order valence-corrected chi connectivity index (χ1v) is 10.6. The van der Waals surface area contributed by atoms with Crippen molar-refractivity contribution in [2.45, 2.75) is 26.7 Å². The summed E-state index contributed by atoms with van der Waals surface area (Å²) in [6, 6.07) is 19.8. The van der Waals surface area contributed by atoms with Crippen molar-refractivity contribution < 1.29 is 19.1 Å². The van der Waals surface area contributed by atoms with Crippen molar-refractivity contribution in [3.05, 3.63) is 83.4 Å². The Morgan fingerprint density at radius 3 is 1.94 bits per heavy atom. The third-order valence-electron chi connectivity index (χ3n) is 5.10. The quantitative estimate of drug-likeness (QED) is 0.494. The maximum absolute atomic E-state index is 12.4. The molecule has 0 unspecified atom stereocenters. The van der Waals surface area contributed by atoms with E-state index in [2.05, 4.69) is 24.5 Å². The third kappa shape index (κ3) is 5.88. The summed E-state index contributed by atoms with van der Waals surface area (Å²) in [5.74, 6) is 0.780. The lowest BCUT2D eigenvalue weighted by Gasteiger charge is -2.15. The molecule has 0 saturated heterocycles. The molecule has 2 amide bonds. The van der Waals surface area contributed by atoms with E-state index in [4.69, 9.17) is 9.47 Å². The standard InChI is InChI=1S/C26H28N2O4/c1-4-18-7-6-8-19(5-2)25(18)28-24(29)17-32-23-13-9-20(10-14-23)26(30)27-21-11-15-22(31-3)16-12-21/h6-16H,4-5,17H2,1-3H3,(H,27,30)(H,28,29). The van der Waals surface area contributed by atoms with Gasteiger partial charge in [-0.25, -0.2) is 0 Å². The summed E-state index contributed by atoms with van der Waals surface area (Å²) >= 11 is 0. The number of hydrogen-bond acceptors (Lipinski definition) is 4. The number of para-hydroxylation sites is 1. The van der Waals surface area contributed by atoms with E-state index in [-0.39, 0.29) is 18.4 Å². The summed E-state index contributed by atoms with van der Waals surface area (Å²) in [5, 5.41) is 5.81. The number of hydrogen-bond donors (Lipinski definition) is 2. The summed E-state index contributed by atoms with van der Waals surface area (Å²) in [7, 11) is 1.59. The fourth-order valence-electron chi connectivity index (χ4n) is 3.31. The Morgan fingerprint density at radius 1 is 0.781 bits per heavy atom. The van der Waals surface area contributed by atoms with E-state index in [0.717, 1.165) is 35.4 Å². The molecule has 0 saturated carbocycles. The Morgan fingerprint density at radius 2 is 1.38 bits per heavy atom. The van der Waals surface area contributed by atoms with Crippen LogP contribution in [-0.2, 0) is 17.6 Å². The van der Waals surface area contributed by atoms with Crippen LogP contribution >= 0.6 is 0 Å². The van der Waals surface area contributed by atoms with Gasteiger partial charge in [0.15, 0.2) is 6.61 Å². The van der Waals surface area contributed by atoms with Crippen molar-refractivity contribution in [2.75, 3.05) is 24.4 Å². The molecule has 0 aliphatic carbocycles. The number of anilines is 2. The van der Waals surface area contributed by atoms with Crippen LogP contribution in [0.4, 0.5) is 11.4 Å². The highest BCUT2D eigenvalue weighted by atomic mass is 16.5. The molecule has 0 radical (unpaired) electrons. The molecule has 0 fully saturated rings. The van der Waals surface area contributed by atoms with Crippen LogP contribution in [0.1, 0.15) is 35.3 Å². The second-order valence-electron chi connectivity index (χ2n) is 7.20. The summed E-state index contributed by atoms with van der Waals surface area (Å²) in [5.41, 5.74) is 4.24. The van der Waals surface area contributed by atoms with Crippen molar-refractivity contribution in [1.29, 1.82) is 0 Å². The molecule has 32 heavy (non-hydrogen) atoms. The van der Waals surface area contributed by atoms with Gasteiger partial charge in [-0.05, 0) is 72.5 Å². The summed E-state index contributed by atoms with van der Waals surface area (Å²) < 4.78 is 10.7. The molecule has 0 spiro atoms. The zero-order valence-corrected chi connectivity index (χ0v) is 18.6. The summed E-state index contributed by atoms with van der Waals surface area (Å²) in [4.78, 5) is 24.9. The van der Waals surface area contributed by atoms with Gasteiger partial charge in [-0.3, -0.25) is 9.59 Å². The highest BCUT2D eigenvalue weighted by Gasteiger charge is 2.11. The molecule has 2 N–H and O–H groups in total. The van der Waals surface area contributed by atoms with Crippen LogP contribution in [0.3, 0.4) is 0 Å². The molecule has 6 heteroatoms. The van der Waals surface area contributed by atoms with E-state index in [1.54, 1.807) is 55.6 Å². The van der Waals surface area contributed by atoms with Crippen molar-refractivity contribution in [2.24, 2.45) is 0 Å². The first-order valence-electron chi connectivity index (χ1n) is 10.6. The molecule has 0 atom stereocenters. The topological polar surface area (TPSA) is 76.7 Å². The first-order chi connectivity index (χ1) is 15.5. The average molecular weight is 433 g/mol. The number of methoxy groups -OCH3 is 1. The summed E-state index contributed by atoms with van der Waals surface area (Å²) in [6.45, 7) is 4.01. The lowest BCUT2D eigenvalue weighted by Crippen LogP contribution is -2.21. The molecule has 0 aliphatic rings. The molecule has 0 aliphatic heterocycles. The van der Waals surface area contributed by atoms with Crippen molar-refractivity contribution in [3.8, 4) is 11.5 Å². The number of rotatable bonds is 9. The van der Waals surface area contributed by atoms with Crippen LogP contribution < -0.4 is 20.1 Å². The molecular weight excluding hydrogens is 404 g/mol. The van der Waals surface area contributed by atoms with Gasteiger partial charge in [0.1, 0.15) is 11.5 Å². The maximum Gasteiger partial charge on any atom is 0.262 e. The minimum absolute atomic E-state index is 0.113. The fourth-order valence-corrected chi connectivity index (χ4v) is 3.31. The van der Waals surface area contributed by atoms with Crippen LogP contribution in [0, 0.1) is 0 Å². The SMILES string of the molecule is CCc1cccc(CC)c1NC(=O)COc1ccc(C(=O)Nc2ccc(OC)cc2)cc1. The van der Waals surface area contributed by atoms with E-state index < -0.39 is 0 Å². The number of amides is 2. The molecule has 0 aromatic heterocycles. The monoisotopic (exact) mass is 432 g/mol. The summed E-state index contributed by atoms with van der Waals surface area (Å²) in [6.07, 6.45) is 1.68. The van der Waals surface area contributed by atoms with Gasteiger partial charge < -0.3 is 20.1 Å². The van der Waals surface area contributed by atoms with E-state index in [0.29, 0.717) is 17.0 Å². The first kappa shape index (κ1) is 22.9. The lowest BCUT2D eigenvalue weighted by atomic mass is 10.0. The van der Waals surface area contributed by atoms with Crippen molar-refractivity contribution >= 4 is 23.2 Å². The largest absolute Gasteiger partial charge is 0.497 e. The normalized spacial score (nSPS) is 10.3. The van der Waals surface area contributed by atoms with Crippen LogP contribution in [0.2, 0.25) is 0 Å². The van der Waals surface area contributed by atoms with E-state index >= 15 is 0 Å². The van der Waals surface area contributed by atoms with E-state index in [1.807, 2.05) is 18.2 Å². The Bertz CT molecular complexity index is 1040. The lowest BCUT2D eigenvalue weighted by molar-refractivity contribution is -0.118. The van der Waals surface area contributed by atoms with E-state index in [9.17, 15) is 9.59 Å². The predicted octanol–water partition coefficient (Wildman–Crippen LogP) is 5.09. The number of ether oxygens (including phenoxy) is 2. The number of carbonyl (C=O) groups is 2. The second-order valence-corrected chi connectivity index (χ2v) is 7.20. The van der Waals surface area contributed by atoms with Crippen LogP contribution in [0.5, 0.6) is 11.5 Å². The van der Waals surface area contributed by atoms with Gasteiger partial charge in [-0.2, -0.15) is 0 Å². The van der Waals surface area contributed by atoms with Crippen molar-refractivity contribution in [1.82, 2.24) is 0 Å². The Kier molecular flexibility index (Phi) is 7.86. The zero-order valence-electron chi connectivity index (χ0n) is 18.6. The number of benzene rings is 3. The minimum Gasteiger partial charge on any atom is -0.497 e. The number of nitrogens with one attached hydrogen (secondary N) is 2. The maximum atomic E-state index is 12.4. The number of carbonyl (C=O) groups excluding carboxylic acids is 2. The third-order valence-corrected chi connectivity index (χ3v) is 5.10. The molecule has 3 aromatic rings. The predicted molar refractivity (Wildman–Crippen MR) is 127 cm³/mol. The molecular formula is C26H28N2O4. The van der Waals surface area contributed by atoms with Gasteiger partial charge in [0.25, 0.3) is 11.8 Å². The van der Waals surface area contributed by atoms with Crippen LogP contribution in [0.25, 0.3) is 0 Å². The average Bonchev–Trinajstić information content (AvgIpc) is 2.83. The Labute approximate surface area is 188 Å². The van der Waals surface area contributed by atoms with Crippen LogP contribution in [0.15, 0.2) is 66.7 Å². The Hall–Kier alpha value is -3.80. The van der Waals surface area contributed by atoms with Gasteiger partial charge in [-0.1, -0.05) is 32.0 Å². The molecule has 6 nitrogen and oxygen atoms in total. The van der Waals surface area contributed by atoms with Crippen molar-refractivity contribution in [3.63, 3.8) is 0 Å². The molecule has 0 heterocycles. The molecule has 3 rings (SSSR count). The molecule has 0 bridgehead atoms. The van der Waals surface area contributed by atoms with E-state index in [1.165, 1.54) is 0 Å². The van der Waals surface area contributed by atoms with Gasteiger partial charge in [0.2, 0.25) is 0 Å². The van der Waals surface area contributed by atoms with Gasteiger partial charge in [0.05, 0.1) is 7.11 Å². The second kappa shape index (κ2) is 11.0. The fraction of sp³-hybridized carbons (Fsp3) is 0.231. The Balaban J connectivity index is 1.55. The highest BCUT2D eigenvalue weighted by molar-refractivity contribution is 6.04. The smallest absolute Gasteiger partial charge is 0.262 e. The van der Waals surface area contributed by atoms with Crippen LogP contribution in [-0.4, -0.2) is 25.5 Å². The van der Waals surface area contributed by atoms with Gasteiger partial charge >= 0.3 is 0 Å². The number of aryl methyl sites for hydroxylation is 2. The van der Waals surface area contributed by atoms with Gasteiger partial charge in [-0.15, -0.1) is 0 Å².